The summed E-state index contributed by atoms with van der Waals surface area (Å²) >= 11 is 0. The Hall–Kier alpha value is -1.46. The highest BCUT2D eigenvalue weighted by Gasteiger charge is 2.28. The number of carboxylic acid groups (broad SMARTS) is 1. The van der Waals surface area contributed by atoms with Crippen LogP contribution in [0.1, 0.15) is 29.3 Å². The topological polar surface area (TPSA) is 58.6 Å². The van der Waals surface area contributed by atoms with Crippen LogP contribution in [0.3, 0.4) is 0 Å². The fourth-order valence-electron chi connectivity index (χ4n) is 1.96. The van der Waals surface area contributed by atoms with E-state index in [0.717, 1.165) is 18.6 Å². The Kier molecular flexibility index (Phi) is 3.63. The molecule has 1 aromatic carbocycles. The van der Waals surface area contributed by atoms with Crippen molar-refractivity contribution < 1.29 is 19.0 Å². The van der Waals surface area contributed by atoms with Crippen molar-refractivity contribution in [2.75, 3.05) is 13.2 Å². The van der Waals surface area contributed by atoms with Gasteiger partial charge in [-0.1, -0.05) is 6.07 Å². The number of hydrogen-bond donors (Lipinski definition) is 2. The van der Waals surface area contributed by atoms with Gasteiger partial charge in [-0.25, -0.2) is 9.18 Å². The first-order valence-corrected chi connectivity index (χ1v) is 5.85. The van der Waals surface area contributed by atoms with Crippen LogP contribution in [0, 0.1) is 5.82 Å². The van der Waals surface area contributed by atoms with Crippen molar-refractivity contribution in [3.05, 3.63) is 35.1 Å². The second kappa shape index (κ2) is 5.04. The highest BCUT2D eigenvalue weighted by atomic mass is 19.1. The lowest BCUT2D eigenvalue weighted by molar-refractivity contribution is 0.0692. The van der Waals surface area contributed by atoms with E-state index in [0.29, 0.717) is 13.2 Å². The Morgan fingerprint density at radius 1 is 1.61 bits per heavy atom. The first-order chi connectivity index (χ1) is 8.50. The molecule has 0 saturated carbocycles. The molecule has 1 heterocycles. The molecule has 0 radical (unpaired) electrons. The van der Waals surface area contributed by atoms with Gasteiger partial charge in [0.25, 0.3) is 0 Å². The molecule has 1 aliphatic rings. The van der Waals surface area contributed by atoms with Crippen LogP contribution in [-0.4, -0.2) is 29.8 Å². The zero-order valence-electron chi connectivity index (χ0n) is 10.2. The van der Waals surface area contributed by atoms with Gasteiger partial charge in [0.2, 0.25) is 0 Å². The number of benzene rings is 1. The number of hydrogen-bond acceptors (Lipinski definition) is 3. The van der Waals surface area contributed by atoms with Crippen LogP contribution in [0.25, 0.3) is 0 Å². The smallest absolute Gasteiger partial charge is 0.338 e. The highest BCUT2D eigenvalue weighted by molar-refractivity contribution is 5.87. The van der Waals surface area contributed by atoms with Crippen LogP contribution in [0.2, 0.25) is 0 Å². The van der Waals surface area contributed by atoms with Crippen LogP contribution in [0.15, 0.2) is 18.2 Å². The lowest BCUT2D eigenvalue weighted by Crippen LogP contribution is -2.42. The molecule has 1 unspecified atom stereocenters. The summed E-state index contributed by atoms with van der Waals surface area (Å²) in [6, 6.07) is 4.18. The van der Waals surface area contributed by atoms with Gasteiger partial charge in [0.1, 0.15) is 5.82 Å². The molecule has 1 aromatic rings. The molecular formula is C13H16FNO3. The zero-order chi connectivity index (χ0) is 13.2. The second-order valence-electron chi connectivity index (χ2n) is 4.84. The molecule has 1 aliphatic heterocycles. The Morgan fingerprint density at radius 3 is 2.94 bits per heavy atom. The number of aromatic carboxylic acids is 1. The van der Waals surface area contributed by atoms with Crippen LogP contribution in [0.4, 0.5) is 4.39 Å². The standard InChI is InChI=1S/C13H16FNO3/c1-13(4-5-18-8-13)15-7-9-2-3-10(12(16)17)11(14)6-9/h2-3,6,15H,4-5,7-8H2,1H3,(H,16,17). The summed E-state index contributed by atoms with van der Waals surface area (Å²) in [7, 11) is 0. The average molecular weight is 253 g/mol. The summed E-state index contributed by atoms with van der Waals surface area (Å²) in [6.07, 6.45) is 0.919. The third-order valence-corrected chi connectivity index (χ3v) is 3.20. The van der Waals surface area contributed by atoms with Gasteiger partial charge in [-0.2, -0.15) is 0 Å². The molecule has 0 aliphatic carbocycles. The maximum Gasteiger partial charge on any atom is 0.338 e. The number of nitrogens with one attached hydrogen (secondary N) is 1. The maximum absolute atomic E-state index is 13.5. The van der Waals surface area contributed by atoms with Gasteiger partial charge in [-0.05, 0) is 31.0 Å². The van der Waals surface area contributed by atoms with Crippen molar-refractivity contribution in [2.24, 2.45) is 0 Å². The minimum Gasteiger partial charge on any atom is -0.478 e. The minimum atomic E-state index is -1.25. The molecule has 18 heavy (non-hydrogen) atoms. The van der Waals surface area contributed by atoms with E-state index in [4.69, 9.17) is 9.84 Å². The third kappa shape index (κ3) is 2.86. The van der Waals surface area contributed by atoms with Crippen molar-refractivity contribution in [1.82, 2.24) is 5.32 Å². The maximum atomic E-state index is 13.5. The van der Waals surface area contributed by atoms with Gasteiger partial charge < -0.3 is 15.2 Å². The van der Waals surface area contributed by atoms with Crippen LogP contribution >= 0.6 is 0 Å². The third-order valence-electron chi connectivity index (χ3n) is 3.20. The molecule has 0 bridgehead atoms. The number of carboxylic acids is 1. The lowest BCUT2D eigenvalue weighted by Gasteiger charge is -2.23. The highest BCUT2D eigenvalue weighted by Crippen LogP contribution is 2.18. The van der Waals surface area contributed by atoms with E-state index in [9.17, 15) is 9.18 Å². The molecule has 98 valence electrons. The normalized spacial score (nSPS) is 23.2. The zero-order valence-corrected chi connectivity index (χ0v) is 10.2. The first-order valence-electron chi connectivity index (χ1n) is 5.85. The number of rotatable bonds is 4. The quantitative estimate of drug-likeness (QED) is 0.859. The SMILES string of the molecule is CC1(NCc2ccc(C(=O)O)c(F)c2)CCOC1. The molecule has 0 aromatic heterocycles. The van der Waals surface area contributed by atoms with Crippen molar-refractivity contribution in [1.29, 1.82) is 0 Å². The molecule has 0 spiro atoms. The molecule has 2 N–H and O–H groups in total. The Bertz CT molecular complexity index is 456. The average Bonchev–Trinajstić information content (AvgIpc) is 2.74. The fraction of sp³-hybridized carbons (Fsp3) is 0.462. The van der Waals surface area contributed by atoms with E-state index < -0.39 is 11.8 Å². The lowest BCUT2D eigenvalue weighted by atomic mass is 10.0. The number of ether oxygens (including phenoxy) is 1. The van der Waals surface area contributed by atoms with Crippen LogP contribution in [0.5, 0.6) is 0 Å². The summed E-state index contributed by atoms with van der Waals surface area (Å²) in [5.74, 6) is -1.95. The molecule has 1 fully saturated rings. The minimum absolute atomic E-state index is 0.0814. The summed E-state index contributed by atoms with van der Waals surface area (Å²) in [6.45, 7) is 3.93. The van der Waals surface area contributed by atoms with E-state index >= 15 is 0 Å². The van der Waals surface area contributed by atoms with Crippen molar-refractivity contribution in [3.8, 4) is 0 Å². The van der Waals surface area contributed by atoms with Crippen molar-refractivity contribution >= 4 is 5.97 Å². The predicted molar refractivity (Wildman–Crippen MR) is 64.0 cm³/mol. The van der Waals surface area contributed by atoms with E-state index in [1.807, 2.05) is 0 Å². The van der Waals surface area contributed by atoms with E-state index in [2.05, 4.69) is 12.2 Å². The van der Waals surface area contributed by atoms with Gasteiger partial charge in [-0.3, -0.25) is 0 Å². The fourth-order valence-corrected chi connectivity index (χ4v) is 1.96. The van der Waals surface area contributed by atoms with Crippen molar-refractivity contribution in [3.63, 3.8) is 0 Å². The van der Waals surface area contributed by atoms with E-state index in [-0.39, 0.29) is 11.1 Å². The molecule has 5 heteroatoms. The van der Waals surface area contributed by atoms with Crippen LogP contribution in [-0.2, 0) is 11.3 Å². The molecule has 2 rings (SSSR count). The first kappa shape index (κ1) is 13.0. The van der Waals surface area contributed by atoms with Gasteiger partial charge in [0.05, 0.1) is 12.2 Å². The number of carbonyl (C=O) groups is 1. The molecular weight excluding hydrogens is 237 g/mol. The molecule has 0 amide bonds. The number of halogens is 1. The molecule has 4 nitrogen and oxygen atoms in total. The van der Waals surface area contributed by atoms with Crippen LogP contribution < -0.4 is 5.32 Å². The Morgan fingerprint density at radius 2 is 2.39 bits per heavy atom. The predicted octanol–water partition coefficient (Wildman–Crippen LogP) is 1.79. The van der Waals surface area contributed by atoms with Crippen molar-refractivity contribution in [2.45, 2.75) is 25.4 Å². The summed E-state index contributed by atoms with van der Waals surface area (Å²) < 4.78 is 18.8. The summed E-state index contributed by atoms with van der Waals surface area (Å²) in [4.78, 5) is 10.7. The Balaban J connectivity index is 2.02. The monoisotopic (exact) mass is 253 g/mol. The van der Waals surface area contributed by atoms with Gasteiger partial charge >= 0.3 is 5.97 Å². The summed E-state index contributed by atoms with van der Waals surface area (Å²) in [5.41, 5.74) is 0.349. The van der Waals surface area contributed by atoms with Gasteiger partial charge in [0, 0.05) is 18.7 Å². The van der Waals surface area contributed by atoms with E-state index in [1.54, 1.807) is 6.07 Å². The van der Waals surface area contributed by atoms with Gasteiger partial charge in [-0.15, -0.1) is 0 Å². The summed E-state index contributed by atoms with van der Waals surface area (Å²) in [5, 5.41) is 12.0. The molecule has 1 saturated heterocycles. The Labute approximate surface area is 105 Å². The largest absolute Gasteiger partial charge is 0.478 e. The van der Waals surface area contributed by atoms with Gasteiger partial charge in [0.15, 0.2) is 0 Å². The second-order valence-corrected chi connectivity index (χ2v) is 4.84. The molecule has 1 atom stereocenters. The van der Waals surface area contributed by atoms with E-state index in [1.165, 1.54) is 12.1 Å².